The first kappa shape index (κ1) is 36.4. The predicted octanol–water partition coefficient (Wildman–Crippen LogP) is 8.10. The summed E-state index contributed by atoms with van der Waals surface area (Å²) in [7, 11) is 0. The maximum atomic E-state index is 14.1. The number of halogens is 6. The standard InChI is InChI=1S/C34H42F6N2O5/c1-6-10-22-18-27-26(20-47-32(27,33(35,36)37)34(38,39)40)25(11-7-2)28(22)45-17-9-8-16-42-29(43)31(5,41-30(42)44)23-12-14-24(15-13-23)46-19-21(3)4/h12-15,18,21H,6-11,16-17,19-20H2,1-5H3,(H,41,44). The fraction of sp³-hybridized carbons (Fsp3) is 0.588. The molecule has 1 atom stereocenters. The van der Waals surface area contributed by atoms with Crippen LogP contribution in [0.15, 0.2) is 30.3 Å². The maximum Gasteiger partial charge on any atom is 0.430 e. The smallest absolute Gasteiger partial charge is 0.430 e. The van der Waals surface area contributed by atoms with Gasteiger partial charge in [-0.3, -0.25) is 9.69 Å². The van der Waals surface area contributed by atoms with Gasteiger partial charge in [0.2, 0.25) is 0 Å². The van der Waals surface area contributed by atoms with Gasteiger partial charge in [0, 0.05) is 17.7 Å². The Balaban J connectivity index is 1.46. The zero-order valence-electron chi connectivity index (χ0n) is 27.3. The molecule has 2 aromatic carbocycles. The lowest BCUT2D eigenvalue weighted by Gasteiger charge is -2.34. The summed E-state index contributed by atoms with van der Waals surface area (Å²) < 4.78 is 101. The number of alkyl halides is 6. The van der Waals surface area contributed by atoms with Gasteiger partial charge in [0.05, 0.1) is 19.8 Å². The van der Waals surface area contributed by atoms with Crippen LogP contribution < -0.4 is 14.8 Å². The zero-order chi connectivity index (χ0) is 34.8. The summed E-state index contributed by atoms with van der Waals surface area (Å²) in [6.07, 6.45) is -9.36. The van der Waals surface area contributed by atoms with Crippen LogP contribution in [0.3, 0.4) is 0 Å². The van der Waals surface area contributed by atoms with Crippen molar-refractivity contribution in [2.75, 3.05) is 19.8 Å². The number of carbonyl (C=O) groups is 2. The lowest BCUT2D eigenvalue weighted by Crippen LogP contribution is -2.53. The second-order valence-corrected chi connectivity index (χ2v) is 12.6. The number of ether oxygens (including phenoxy) is 3. The minimum Gasteiger partial charge on any atom is -0.493 e. The molecule has 2 aliphatic rings. The first-order valence-electron chi connectivity index (χ1n) is 16.0. The number of imide groups is 1. The molecule has 260 valence electrons. The van der Waals surface area contributed by atoms with Gasteiger partial charge in [0.25, 0.3) is 11.5 Å². The number of fused-ring (bicyclic) bond motifs is 1. The molecule has 0 radical (unpaired) electrons. The van der Waals surface area contributed by atoms with Crippen molar-refractivity contribution in [3.8, 4) is 11.5 Å². The van der Waals surface area contributed by atoms with E-state index in [1.807, 2.05) is 13.8 Å². The highest BCUT2D eigenvalue weighted by atomic mass is 19.4. The van der Waals surface area contributed by atoms with Gasteiger partial charge in [0.1, 0.15) is 17.0 Å². The van der Waals surface area contributed by atoms with Crippen LogP contribution in [0.4, 0.5) is 31.1 Å². The fourth-order valence-electron chi connectivity index (χ4n) is 6.13. The second-order valence-electron chi connectivity index (χ2n) is 12.6. The Labute approximate surface area is 270 Å². The van der Waals surface area contributed by atoms with E-state index in [4.69, 9.17) is 9.47 Å². The number of nitrogens with zero attached hydrogens (tertiary/aromatic N) is 1. The van der Waals surface area contributed by atoms with Crippen LogP contribution in [0.1, 0.15) is 88.1 Å². The molecule has 0 saturated carbocycles. The van der Waals surface area contributed by atoms with E-state index in [9.17, 15) is 35.9 Å². The van der Waals surface area contributed by atoms with Gasteiger partial charge in [-0.15, -0.1) is 0 Å². The molecule has 1 saturated heterocycles. The molecule has 0 aromatic heterocycles. The number of aryl methyl sites for hydroxylation is 1. The number of hydrogen-bond acceptors (Lipinski definition) is 5. The van der Waals surface area contributed by atoms with Crippen LogP contribution >= 0.6 is 0 Å². The monoisotopic (exact) mass is 672 g/mol. The summed E-state index contributed by atoms with van der Waals surface area (Å²) in [5.74, 6) is 0.865. The summed E-state index contributed by atoms with van der Waals surface area (Å²) in [4.78, 5) is 27.3. The van der Waals surface area contributed by atoms with Gasteiger partial charge in [-0.2, -0.15) is 26.3 Å². The molecule has 0 bridgehead atoms. The summed E-state index contributed by atoms with van der Waals surface area (Å²) in [5, 5.41) is 2.77. The van der Waals surface area contributed by atoms with E-state index in [-0.39, 0.29) is 48.4 Å². The molecular formula is C34H42F6N2O5. The van der Waals surface area contributed by atoms with E-state index in [0.29, 0.717) is 49.5 Å². The number of carbonyl (C=O) groups excluding carboxylic acids is 2. The summed E-state index contributed by atoms with van der Waals surface area (Å²) in [6, 6.07) is 7.38. The SMILES string of the molecule is CCCc1cc2c(c(CCC)c1OCCCCN1C(=O)NC(C)(c3ccc(OCC(C)C)cc3)C1=O)COC2(C(F)(F)F)C(F)(F)F. The molecule has 13 heteroatoms. The van der Waals surface area contributed by atoms with Crippen molar-refractivity contribution in [2.24, 2.45) is 5.92 Å². The Kier molecular flexibility index (Phi) is 10.8. The van der Waals surface area contributed by atoms with Crippen LogP contribution in [0.25, 0.3) is 0 Å². The number of rotatable bonds is 14. The first-order chi connectivity index (χ1) is 22.0. The minimum absolute atomic E-state index is 0.0789. The lowest BCUT2D eigenvalue weighted by atomic mass is 9.84. The van der Waals surface area contributed by atoms with Crippen molar-refractivity contribution < 1.29 is 50.1 Å². The molecule has 1 fully saturated rings. The number of hydrogen-bond donors (Lipinski definition) is 1. The second kappa shape index (κ2) is 13.9. The highest BCUT2D eigenvalue weighted by molar-refractivity contribution is 6.07. The number of amides is 3. The van der Waals surface area contributed by atoms with Crippen molar-refractivity contribution in [1.82, 2.24) is 10.2 Å². The van der Waals surface area contributed by atoms with Gasteiger partial charge in [-0.05, 0) is 73.4 Å². The molecule has 1 unspecified atom stereocenters. The number of benzene rings is 2. The predicted molar refractivity (Wildman–Crippen MR) is 162 cm³/mol. The third-order valence-electron chi connectivity index (χ3n) is 8.52. The number of urea groups is 1. The summed E-state index contributed by atoms with van der Waals surface area (Å²) >= 11 is 0. The third-order valence-corrected chi connectivity index (χ3v) is 8.52. The van der Waals surface area contributed by atoms with Crippen molar-refractivity contribution in [1.29, 1.82) is 0 Å². The summed E-state index contributed by atoms with van der Waals surface area (Å²) in [5.41, 5.74) is -5.59. The van der Waals surface area contributed by atoms with Crippen molar-refractivity contribution >= 4 is 11.9 Å². The normalized spacial score (nSPS) is 19.4. The Morgan fingerprint density at radius 2 is 1.60 bits per heavy atom. The van der Waals surface area contributed by atoms with Crippen LogP contribution in [0.2, 0.25) is 0 Å². The Morgan fingerprint density at radius 1 is 0.957 bits per heavy atom. The molecule has 2 heterocycles. The Hall–Kier alpha value is -3.48. The van der Waals surface area contributed by atoms with Crippen LogP contribution in [0, 0.1) is 5.92 Å². The maximum absolute atomic E-state index is 14.1. The first-order valence-corrected chi connectivity index (χ1v) is 16.0. The molecule has 0 aliphatic carbocycles. The van der Waals surface area contributed by atoms with Gasteiger partial charge in [-0.25, -0.2) is 4.79 Å². The Bertz CT molecular complexity index is 1430. The van der Waals surface area contributed by atoms with Gasteiger partial charge < -0.3 is 19.5 Å². The molecule has 2 aromatic rings. The summed E-state index contributed by atoms with van der Waals surface area (Å²) in [6.45, 7) is 9.12. The van der Waals surface area contributed by atoms with E-state index in [2.05, 4.69) is 10.1 Å². The van der Waals surface area contributed by atoms with Gasteiger partial charge in [-0.1, -0.05) is 52.7 Å². The van der Waals surface area contributed by atoms with Gasteiger partial charge >= 0.3 is 18.4 Å². The molecular weight excluding hydrogens is 630 g/mol. The fourth-order valence-corrected chi connectivity index (χ4v) is 6.13. The average Bonchev–Trinajstić information content (AvgIpc) is 3.49. The average molecular weight is 673 g/mol. The molecule has 2 aliphatic heterocycles. The largest absolute Gasteiger partial charge is 0.493 e. The number of nitrogens with one attached hydrogen (secondary N) is 1. The molecule has 7 nitrogen and oxygen atoms in total. The topological polar surface area (TPSA) is 77.1 Å². The van der Waals surface area contributed by atoms with Gasteiger partial charge in [0.15, 0.2) is 0 Å². The minimum atomic E-state index is -5.72. The van der Waals surface area contributed by atoms with Crippen LogP contribution in [-0.4, -0.2) is 48.9 Å². The van der Waals surface area contributed by atoms with Crippen molar-refractivity contribution in [3.05, 3.63) is 58.1 Å². The van der Waals surface area contributed by atoms with Crippen LogP contribution in [-0.2, 0) is 40.1 Å². The Morgan fingerprint density at radius 3 is 2.17 bits per heavy atom. The lowest BCUT2D eigenvalue weighted by molar-refractivity contribution is -0.385. The van der Waals surface area contributed by atoms with E-state index in [0.717, 1.165) is 11.0 Å². The number of unbranched alkanes of at least 4 members (excludes halogenated alkanes) is 1. The highest BCUT2D eigenvalue weighted by Gasteiger charge is 2.76. The molecule has 4 rings (SSSR count). The van der Waals surface area contributed by atoms with Crippen molar-refractivity contribution in [2.45, 2.75) is 103 Å². The molecule has 1 N–H and O–H groups in total. The molecule has 0 spiro atoms. The quantitative estimate of drug-likeness (QED) is 0.125. The molecule has 47 heavy (non-hydrogen) atoms. The highest BCUT2D eigenvalue weighted by Crippen LogP contribution is 2.58. The van der Waals surface area contributed by atoms with Crippen LogP contribution in [0.5, 0.6) is 11.5 Å². The van der Waals surface area contributed by atoms with Crippen molar-refractivity contribution in [3.63, 3.8) is 0 Å². The zero-order valence-corrected chi connectivity index (χ0v) is 27.3. The van der Waals surface area contributed by atoms with E-state index in [1.54, 1.807) is 45.0 Å². The molecule has 3 amide bonds. The van der Waals surface area contributed by atoms with E-state index in [1.165, 1.54) is 0 Å². The third kappa shape index (κ3) is 6.91. The van der Waals surface area contributed by atoms with E-state index >= 15 is 0 Å². The van der Waals surface area contributed by atoms with E-state index < -0.39 is 47.6 Å².